The van der Waals surface area contributed by atoms with E-state index in [0.717, 1.165) is 6.54 Å². The van der Waals surface area contributed by atoms with Crippen molar-refractivity contribution >= 4 is 5.97 Å². The van der Waals surface area contributed by atoms with Crippen LogP contribution < -0.4 is 4.74 Å². The molecule has 0 unspecified atom stereocenters. The van der Waals surface area contributed by atoms with Gasteiger partial charge in [-0.1, -0.05) is 0 Å². The van der Waals surface area contributed by atoms with Crippen molar-refractivity contribution < 1.29 is 14.6 Å². The third-order valence-electron chi connectivity index (χ3n) is 2.05. The zero-order valence-electron chi connectivity index (χ0n) is 9.60. The molecule has 0 radical (unpaired) electrons. The zero-order chi connectivity index (χ0) is 12.1. The van der Waals surface area contributed by atoms with Crippen LogP contribution in [-0.4, -0.2) is 53.7 Å². The molecule has 0 bridgehead atoms. The van der Waals surface area contributed by atoms with Crippen LogP contribution >= 0.6 is 0 Å². The Balaban J connectivity index is 2.96. The van der Waals surface area contributed by atoms with E-state index in [1.165, 1.54) is 13.3 Å². The SMILES string of the molecule is COc1ncc(C(=O)O)c(CCN(C)C)n1. The monoisotopic (exact) mass is 225 g/mol. The lowest BCUT2D eigenvalue weighted by molar-refractivity contribution is 0.0694. The van der Waals surface area contributed by atoms with E-state index in [-0.39, 0.29) is 11.6 Å². The lowest BCUT2D eigenvalue weighted by atomic mass is 10.2. The third kappa shape index (κ3) is 3.16. The van der Waals surface area contributed by atoms with Crippen LogP contribution in [0.2, 0.25) is 0 Å². The number of likely N-dealkylation sites (N-methyl/N-ethyl adjacent to an activating group) is 1. The molecule has 0 aromatic carbocycles. The number of carboxylic acids is 1. The van der Waals surface area contributed by atoms with E-state index in [4.69, 9.17) is 9.84 Å². The number of methoxy groups -OCH3 is 1. The van der Waals surface area contributed by atoms with Crippen molar-refractivity contribution in [3.05, 3.63) is 17.5 Å². The predicted molar refractivity (Wildman–Crippen MR) is 57.8 cm³/mol. The number of nitrogens with zero attached hydrogens (tertiary/aromatic N) is 3. The highest BCUT2D eigenvalue weighted by Gasteiger charge is 2.13. The molecule has 16 heavy (non-hydrogen) atoms. The van der Waals surface area contributed by atoms with Crippen LogP contribution in [0.25, 0.3) is 0 Å². The number of carbonyl (C=O) groups is 1. The topological polar surface area (TPSA) is 75.6 Å². The fraction of sp³-hybridized carbons (Fsp3) is 0.500. The summed E-state index contributed by atoms with van der Waals surface area (Å²) in [6.45, 7) is 0.723. The van der Waals surface area contributed by atoms with Crippen LogP contribution in [0.3, 0.4) is 0 Å². The van der Waals surface area contributed by atoms with Gasteiger partial charge < -0.3 is 14.7 Å². The number of ether oxygens (including phenoxy) is 1. The maximum atomic E-state index is 10.9. The molecule has 0 aliphatic rings. The summed E-state index contributed by atoms with van der Waals surface area (Å²) in [6.07, 6.45) is 1.83. The summed E-state index contributed by atoms with van der Waals surface area (Å²) < 4.78 is 4.87. The van der Waals surface area contributed by atoms with Gasteiger partial charge in [0, 0.05) is 19.2 Å². The van der Waals surface area contributed by atoms with Crippen molar-refractivity contribution in [2.45, 2.75) is 6.42 Å². The molecule has 0 aliphatic carbocycles. The normalized spacial score (nSPS) is 10.5. The fourth-order valence-corrected chi connectivity index (χ4v) is 1.20. The quantitative estimate of drug-likeness (QED) is 0.776. The molecular weight excluding hydrogens is 210 g/mol. The number of aromatic nitrogens is 2. The minimum absolute atomic E-state index is 0.127. The minimum atomic E-state index is -1.02. The smallest absolute Gasteiger partial charge is 0.339 e. The van der Waals surface area contributed by atoms with Gasteiger partial charge in [0.1, 0.15) is 0 Å². The summed E-state index contributed by atoms with van der Waals surface area (Å²) in [5.41, 5.74) is 0.621. The highest BCUT2D eigenvalue weighted by molar-refractivity contribution is 5.88. The van der Waals surface area contributed by atoms with Gasteiger partial charge in [-0.25, -0.2) is 9.78 Å². The van der Waals surface area contributed by atoms with E-state index in [1.807, 2.05) is 19.0 Å². The molecule has 0 saturated heterocycles. The Morgan fingerprint density at radius 1 is 1.56 bits per heavy atom. The Bertz CT molecular complexity index is 380. The average Bonchev–Trinajstić information content (AvgIpc) is 2.25. The second-order valence-electron chi connectivity index (χ2n) is 3.58. The van der Waals surface area contributed by atoms with E-state index < -0.39 is 5.97 Å². The second kappa shape index (κ2) is 5.41. The molecule has 1 aromatic heterocycles. The minimum Gasteiger partial charge on any atom is -0.478 e. The van der Waals surface area contributed by atoms with Crippen molar-refractivity contribution in [1.82, 2.24) is 14.9 Å². The van der Waals surface area contributed by atoms with Crippen LogP contribution in [0.4, 0.5) is 0 Å². The van der Waals surface area contributed by atoms with Crippen LogP contribution in [0, 0.1) is 0 Å². The van der Waals surface area contributed by atoms with Crippen LogP contribution in [-0.2, 0) is 6.42 Å². The molecule has 1 heterocycles. The Kier molecular flexibility index (Phi) is 4.19. The van der Waals surface area contributed by atoms with Gasteiger partial charge in [-0.3, -0.25) is 0 Å². The molecule has 1 aromatic rings. The molecule has 1 N–H and O–H groups in total. The van der Waals surface area contributed by atoms with Gasteiger partial charge in [-0.2, -0.15) is 4.98 Å². The molecule has 6 heteroatoms. The van der Waals surface area contributed by atoms with Crippen molar-refractivity contribution in [3.8, 4) is 6.01 Å². The molecule has 0 fully saturated rings. The lowest BCUT2D eigenvalue weighted by Crippen LogP contribution is -2.18. The molecule has 1 rings (SSSR count). The Morgan fingerprint density at radius 3 is 2.75 bits per heavy atom. The standard InChI is InChI=1S/C10H15N3O3/c1-13(2)5-4-8-7(9(14)15)6-11-10(12-8)16-3/h6H,4-5H2,1-3H3,(H,14,15). The first kappa shape index (κ1) is 12.4. The molecule has 0 atom stereocenters. The van der Waals surface area contributed by atoms with E-state index in [1.54, 1.807) is 0 Å². The first-order chi connectivity index (χ1) is 7.54. The highest BCUT2D eigenvalue weighted by Crippen LogP contribution is 2.10. The summed E-state index contributed by atoms with van der Waals surface area (Å²) in [7, 11) is 5.28. The third-order valence-corrected chi connectivity index (χ3v) is 2.05. The fourth-order valence-electron chi connectivity index (χ4n) is 1.20. The van der Waals surface area contributed by atoms with E-state index >= 15 is 0 Å². The zero-order valence-corrected chi connectivity index (χ0v) is 9.60. The van der Waals surface area contributed by atoms with Gasteiger partial charge in [0.15, 0.2) is 0 Å². The van der Waals surface area contributed by atoms with Crippen molar-refractivity contribution in [3.63, 3.8) is 0 Å². The van der Waals surface area contributed by atoms with E-state index in [2.05, 4.69) is 9.97 Å². The molecule has 88 valence electrons. The Hall–Kier alpha value is -1.69. The maximum absolute atomic E-state index is 10.9. The summed E-state index contributed by atoms with van der Waals surface area (Å²) >= 11 is 0. The summed E-state index contributed by atoms with van der Waals surface area (Å²) in [5.74, 6) is -1.02. The van der Waals surface area contributed by atoms with Crippen molar-refractivity contribution in [2.75, 3.05) is 27.7 Å². The van der Waals surface area contributed by atoms with Gasteiger partial charge in [-0.15, -0.1) is 0 Å². The molecule has 0 aliphatic heterocycles. The Morgan fingerprint density at radius 2 is 2.25 bits per heavy atom. The largest absolute Gasteiger partial charge is 0.478 e. The Labute approximate surface area is 93.9 Å². The molecule has 0 saturated carbocycles. The second-order valence-corrected chi connectivity index (χ2v) is 3.58. The predicted octanol–water partition coefficient (Wildman–Crippen LogP) is 0.287. The molecular formula is C10H15N3O3. The molecule has 0 amide bonds. The number of hydrogen-bond acceptors (Lipinski definition) is 5. The summed E-state index contributed by atoms with van der Waals surface area (Å²) in [4.78, 5) is 20.7. The first-order valence-electron chi connectivity index (χ1n) is 4.82. The van der Waals surface area contributed by atoms with E-state index in [0.29, 0.717) is 12.1 Å². The van der Waals surface area contributed by atoms with Gasteiger partial charge in [0.2, 0.25) is 0 Å². The van der Waals surface area contributed by atoms with Gasteiger partial charge in [-0.05, 0) is 14.1 Å². The number of aromatic carboxylic acids is 1. The first-order valence-corrected chi connectivity index (χ1v) is 4.82. The number of rotatable bonds is 5. The van der Waals surface area contributed by atoms with Gasteiger partial charge in [0.05, 0.1) is 18.4 Å². The molecule has 0 spiro atoms. The maximum Gasteiger partial charge on any atom is 0.339 e. The number of hydrogen-bond donors (Lipinski definition) is 1. The van der Waals surface area contributed by atoms with Gasteiger partial charge in [0.25, 0.3) is 0 Å². The average molecular weight is 225 g/mol. The van der Waals surface area contributed by atoms with Crippen LogP contribution in [0.1, 0.15) is 16.1 Å². The van der Waals surface area contributed by atoms with Crippen molar-refractivity contribution in [2.24, 2.45) is 0 Å². The van der Waals surface area contributed by atoms with Crippen LogP contribution in [0.15, 0.2) is 6.20 Å². The lowest BCUT2D eigenvalue weighted by Gasteiger charge is -2.10. The van der Waals surface area contributed by atoms with E-state index in [9.17, 15) is 4.79 Å². The number of carboxylic acid groups (broad SMARTS) is 1. The van der Waals surface area contributed by atoms with Crippen LogP contribution in [0.5, 0.6) is 6.01 Å². The summed E-state index contributed by atoms with van der Waals surface area (Å²) in [6, 6.07) is 0.193. The molecule has 6 nitrogen and oxygen atoms in total. The summed E-state index contributed by atoms with van der Waals surface area (Å²) in [5, 5.41) is 8.96. The van der Waals surface area contributed by atoms with Crippen molar-refractivity contribution in [1.29, 1.82) is 0 Å². The highest BCUT2D eigenvalue weighted by atomic mass is 16.5. The van der Waals surface area contributed by atoms with Gasteiger partial charge >= 0.3 is 12.0 Å².